The first-order chi connectivity index (χ1) is 17.9. The first-order valence-corrected chi connectivity index (χ1v) is 18.3. The Morgan fingerprint density at radius 2 is 1.43 bits per heavy atom. The summed E-state index contributed by atoms with van der Waals surface area (Å²) < 4.78 is 30.6. The lowest BCUT2D eigenvalue weighted by Crippen LogP contribution is -2.04. The fourth-order valence-corrected chi connectivity index (χ4v) is 9.53. The van der Waals surface area contributed by atoms with Gasteiger partial charge in [-0.15, -0.1) is 10.2 Å². The van der Waals surface area contributed by atoms with E-state index in [1.165, 1.54) is 11.4 Å². The van der Waals surface area contributed by atoms with E-state index in [1.807, 2.05) is 76.2 Å². The van der Waals surface area contributed by atoms with Crippen LogP contribution in [-0.2, 0) is 41.7 Å². The standard InChI is InChI=1S/C23H30N4O5P2S3/c1-5-28-33(35,29-6-2)32-21-17-13-12-16-20(21)18-24-27-22(19-14-10-9-11-15-19)25-26-23(27)37-34(36,30-7-3)31-8-4/h9-18H,5-8H2,1-4H3/b24-18+. The Kier molecular flexibility index (Phi) is 11.9. The fraction of sp³-hybridized carbons (Fsp3) is 0.348. The predicted molar refractivity (Wildman–Crippen MR) is 156 cm³/mol. The van der Waals surface area contributed by atoms with Gasteiger partial charge >= 0.3 is 6.72 Å². The maximum Gasteiger partial charge on any atom is 0.380 e. The highest BCUT2D eigenvalue weighted by Crippen LogP contribution is 2.63. The Labute approximate surface area is 232 Å². The Balaban J connectivity index is 2.03. The van der Waals surface area contributed by atoms with Crippen molar-refractivity contribution in [1.29, 1.82) is 0 Å². The monoisotopic (exact) mass is 600 g/mol. The minimum absolute atomic E-state index is 0.376. The molecular formula is C23H30N4O5P2S3. The average Bonchev–Trinajstić information content (AvgIpc) is 3.26. The number of aromatic nitrogens is 3. The molecule has 0 saturated heterocycles. The molecule has 3 aromatic rings. The summed E-state index contributed by atoms with van der Waals surface area (Å²) in [6.07, 6.45) is 1.65. The molecule has 0 spiro atoms. The first-order valence-electron chi connectivity index (χ1n) is 11.7. The van der Waals surface area contributed by atoms with Crippen LogP contribution >= 0.6 is 23.8 Å². The molecule has 0 aliphatic heterocycles. The van der Waals surface area contributed by atoms with E-state index >= 15 is 0 Å². The molecule has 0 aliphatic carbocycles. The van der Waals surface area contributed by atoms with E-state index in [4.69, 9.17) is 51.3 Å². The van der Waals surface area contributed by atoms with Crippen molar-refractivity contribution in [3.8, 4) is 17.1 Å². The lowest BCUT2D eigenvalue weighted by molar-refractivity contribution is 0.218. The summed E-state index contributed by atoms with van der Waals surface area (Å²) in [6.45, 7) is 6.07. The number of para-hydroxylation sites is 1. The van der Waals surface area contributed by atoms with Crippen LogP contribution in [0.15, 0.2) is 64.9 Å². The van der Waals surface area contributed by atoms with Crippen LogP contribution in [-0.4, -0.2) is 47.5 Å². The minimum Gasteiger partial charge on any atom is -0.423 e. The molecule has 37 heavy (non-hydrogen) atoms. The third-order valence-electron chi connectivity index (χ3n) is 4.43. The highest BCUT2D eigenvalue weighted by molar-refractivity contribution is 8.67. The van der Waals surface area contributed by atoms with Crippen LogP contribution in [0.25, 0.3) is 11.4 Å². The molecule has 1 aromatic heterocycles. The third-order valence-corrected chi connectivity index (χ3v) is 11.7. The van der Waals surface area contributed by atoms with Crippen molar-refractivity contribution in [2.45, 2.75) is 32.9 Å². The van der Waals surface area contributed by atoms with E-state index in [2.05, 4.69) is 10.2 Å². The summed E-state index contributed by atoms with van der Waals surface area (Å²) in [5.74, 6) is 1.04. The van der Waals surface area contributed by atoms with Crippen LogP contribution in [0.2, 0.25) is 0 Å². The van der Waals surface area contributed by atoms with Gasteiger partial charge in [0.15, 0.2) is 5.82 Å². The summed E-state index contributed by atoms with van der Waals surface area (Å²) in [7, 11) is 0. The van der Waals surface area contributed by atoms with Crippen molar-refractivity contribution < 1.29 is 22.6 Å². The highest BCUT2D eigenvalue weighted by atomic mass is 32.9. The first kappa shape index (κ1) is 30.1. The second-order valence-electron chi connectivity index (χ2n) is 7.01. The summed E-state index contributed by atoms with van der Waals surface area (Å²) in [4.78, 5) is 0. The molecule has 200 valence electrons. The van der Waals surface area contributed by atoms with Crippen molar-refractivity contribution in [2.24, 2.45) is 5.10 Å². The number of rotatable bonds is 15. The topological polar surface area (TPSA) is 89.2 Å². The van der Waals surface area contributed by atoms with Gasteiger partial charge in [-0.2, -0.15) is 9.78 Å². The van der Waals surface area contributed by atoms with Crippen LogP contribution in [0.1, 0.15) is 33.3 Å². The summed E-state index contributed by atoms with van der Waals surface area (Å²) in [5.41, 5.74) is -1.19. The summed E-state index contributed by atoms with van der Waals surface area (Å²) in [6, 6.07) is 17.0. The average molecular weight is 601 g/mol. The smallest absolute Gasteiger partial charge is 0.380 e. The van der Waals surface area contributed by atoms with Crippen molar-refractivity contribution in [3.05, 3.63) is 60.2 Å². The molecule has 0 fully saturated rings. The molecule has 0 radical (unpaired) electrons. The molecule has 2 aromatic carbocycles. The van der Waals surface area contributed by atoms with Gasteiger partial charge in [-0.25, -0.2) is 0 Å². The molecule has 1 heterocycles. The highest BCUT2D eigenvalue weighted by Gasteiger charge is 2.26. The molecule has 0 atom stereocenters. The van der Waals surface area contributed by atoms with Crippen LogP contribution in [0.4, 0.5) is 0 Å². The molecule has 0 unspecified atom stereocenters. The molecule has 9 nitrogen and oxygen atoms in total. The quantitative estimate of drug-likeness (QED) is 0.136. The van der Waals surface area contributed by atoms with E-state index in [0.29, 0.717) is 48.7 Å². The van der Waals surface area contributed by atoms with Crippen LogP contribution in [0.3, 0.4) is 0 Å². The maximum atomic E-state index is 6.07. The minimum atomic E-state index is -2.97. The summed E-state index contributed by atoms with van der Waals surface area (Å²) >= 11 is 12.5. The zero-order valence-corrected chi connectivity index (χ0v) is 25.3. The zero-order valence-electron chi connectivity index (χ0n) is 21.1. The van der Waals surface area contributed by atoms with E-state index in [-0.39, 0.29) is 0 Å². The second-order valence-corrected chi connectivity index (χ2v) is 16.0. The van der Waals surface area contributed by atoms with Gasteiger partial charge in [0, 0.05) is 34.3 Å². The van der Waals surface area contributed by atoms with Gasteiger partial charge in [0.25, 0.3) is 5.69 Å². The lowest BCUT2D eigenvalue weighted by Gasteiger charge is -2.22. The summed E-state index contributed by atoms with van der Waals surface area (Å²) in [5, 5.41) is 13.9. The molecule has 0 amide bonds. The van der Waals surface area contributed by atoms with Gasteiger partial charge in [-0.3, -0.25) is 9.05 Å². The number of benzene rings is 2. The number of nitrogens with zero attached hydrogens (tertiary/aromatic N) is 4. The van der Waals surface area contributed by atoms with Crippen molar-refractivity contribution >= 4 is 53.6 Å². The van der Waals surface area contributed by atoms with E-state index in [9.17, 15) is 0 Å². The Morgan fingerprint density at radius 1 is 0.838 bits per heavy atom. The molecule has 0 aliphatic rings. The zero-order chi connectivity index (χ0) is 26.7. The van der Waals surface area contributed by atoms with Crippen LogP contribution in [0, 0.1) is 0 Å². The van der Waals surface area contributed by atoms with Gasteiger partial charge in [0.1, 0.15) is 5.75 Å². The molecule has 0 bridgehead atoms. The van der Waals surface area contributed by atoms with E-state index in [0.717, 1.165) is 5.56 Å². The Hall–Kier alpha value is -1.46. The van der Waals surface area contributed by atoms with Gasteiger partial charge in [-0.1, -0.05) is 42.5 Å². The SMILES string of the molecule is CCOP(=S)(OCC)Oc1ccccc1/C=N/n1c(SP(=S)(OCC)OCC)nnc1-c1ccccc1. The van der Waals surface area contributed by atoms with Gasteiger partial charge in [0.05, 0.1) is 32.6 Å². The number of hydrogen-bond acceptors (Lipinski definition) is 11. The van der Waals surface area contributed by atoms with Crippen LogP contribution < -0.4 is 4.52 Å². The Morgan fingerprint density at radius 3 is 2.05 bits per heavy atom. The maximum absolute atomic E-state index is 6.07. The van der Waals surface area contributed by atoms with Gasteiger partial charge in [-0.05, 0) is 51.6 Å². The van der Waals surface area contributed by atoms with Crippen LogP contribution in [0.5, 0.6) is 5.75 Å². The van der Waals surface area contributed by atoms with E-state index in [1.54, 1.807) is 17.0 Å². The number of hydrogen-bond donors (Lipinski definition) is 0. The van der Waals surface area contributed by atoms with E-state index < -0.39 is 12.4 Å². The van der Waals surface area contributed by atoms with Gasteiger partial charge in [0.2, 0.25) is 5.16 Å². The molecule has 0 N–H and O–H groups in total. The molecular weight excluding hydrogens is 570 g/mol. The normalized spacial score (nSPS) is 12.3. The second kappa shape index (κ2) is 14.6. The Bertz CT molecular complexity index is 1260. The third kappa shape index (κ3) is 8.51. The van der Waals surface area contributed by atoms with Crippen molar-refractivity contribution in [1.82, 2.24) is 14.9 Å². The fourth-order valence-electron chi connectivity index (χ4n) is 3.02. The van der Waals surface area contributed by atoms with Crippen molar-refractivity contribution in [2.75, 3.05) is 26.4 Å². The molecule has 0 saturated carbocycles. The van der Waals surface area contributed by atoms with Gasteiger partial charge < -0.3 is 13.6 Å². The predicted octanol–water partition coefficient (Wildman–Crippen LogP) is 6.89. The largest absolute Gasteiger partial charge is 0.423 e. The van der Waals surface area contributed by atoms with Crippen molar-refractivity contribution in [3.63, 3.8) is 0 Å². The lowest BCUT2D eigenvalue weighted by atomic mass is 10.2. The molecule has 14 heteroatoms. The molecule has 3 rings (SSSR count).